The summed E-state index contributed by atoms with van der Waals surface area (Å²) in [5.41, 5.74) is 1.25. The highest BCUT2D eigenvalue weighted by molar-refractivity contribution is 6.33. The minimum Gasteiger partial charge on any atom is -0.342 e. The molecule has 1 fully saturated rings. The molecule has 0 bridgehead atoms. The lowest BCUT2D eigenvalue weighted by Gasteiger charge is -2.32. The van der Waals surface area contributed by atoms with Crippen LogP contribution in [0.15, 0.2) is 36.7 Å². The molecule has 1 aliphatic heterocycles. The largest absolute Gasteiger partial charge is 0.342 e. The van der Waals surface area contributed by atoms with Crippen LogP contribution in [0.4, 0.5) is 5.69 Å². The number of anilines is 1. The summed E-state index contributed by atoms with van der Waals surface area (Å²) in [6, 6.07) is 7.15. The van der Waals surface area contributed by atoms with Gasteiger partial charge in [0.05, 0.1) is 16.6 Å². The number of amides is 2. The Hall–Kier alpha value is -2.34. The fraction of sp³-hybridized carbons (Fsp3) is 0.389. The van der Waals surface area contributed by atoms with Crippen LogP contribution in [0, 0.1) is 5.92 Å². The van der Waals surface area contributed by atoms with Crippen LogP contribution in [0.1, 0.15) is 26.2 Å². The Labute approximate surface area is 151 Å². The van der Waals surface area contributed by atoms with Crippen LogP contribution in [0.3, 0.4) is 0 Å². The number of carbonyl (C=O) groups excluding carboxylic acids is 2. The molecule has 1 N–H and O–H groups in total. The summed E-state index contributed by atoms with van der Waals surface area (Å²) in [7, 11) is 0. The number of hydrogen-bond acceptors (Lipinski definition) is 3. The summed E-state index contributed by atoms with van der Waals surface area (Å²) in [6.45, 7) is 3.04. The fourth-order valence-electron chi connectivity index (χ4n) is 3.13. The molecule has 0 spiro atoms. The summed E-state index contributed by atoms with van der Waals surface area (Å²) < 4.78 is 1.63. The van der Waals surface area contributed by atoms with Crippen molar-refractivity contribution in [1.29, 1.82) is 0 Å². The number of nitrogens with one attached hydrogen (secondary N) is 1. The summed E-state index contributed by atoms with van der Waals surface area (Å²) in [5, 5.41) is 7.67. The van der Waals surface area contributed by atoms with Gasteiger partial charge in [-0.15, -0.1) is 0 Å². The maximum absolute atomic E-state index is 12.7. The second kappa shape index (κ2) is 7.70. The van der Waals surface area contributed by atoms with Gasteiger partial charge in [-0.1, -0.05) is 24.6 Å². The molecule has 2 aromatic rings. The molecule has 1 aromatic carbocycles. The highest BCUT2D eigenvalue weighted by atomic mass is 35.5. The normalized spacial score (nSPS) is 17.4. The van der Waals surface area contributed by atoms with E-state index in [1.807, 2.05) is 6.92 Å². The van der Waals surface area contributed by atoms with Gasteiger partial charge in [0.25, 0.3) is 0 Å². The number of nitrogens with zero attached hydrogens (tertiary/aromatic N) is 3. The first kappa shape index (κ1) is 17.5. The van der Waals surface area contributed by atoms with Crippen molar-refractivity contribution < 1.29 is 9.59 Å². The van der Waals surface area contributed by atoms with Crippen LogP contribution < -0.4 is 5.32 Å². The third-order valence-electron chi connectivity index (χ3n) is 4.43. The van der Waals surface area contributed by atoms with Crippen LogP contribution in [0.25, 0.3) is 5.69 Å². The van der Waals surface area contributed by atoms with E-state index in [1.54, 1.807) is 46.2 Å². The SMILES string of the molecule is CCC(=O)N1CCCC(C(=O)Nc2cccc(Cl)c2-n2cccn2)C1. The highest BCUT2D eigenvalue weighted by Crippen LogP contribution is 2.29. The first-order valence-electron chi connectivity index (χ1n) is 8.47. The van der Waals surface area contributed by atoms with Crippen molar-refractivity contribution in [2.45, 2.75) is 26.2 Å². The molecule has 1 aromatic heterocycles. The van der Waals surface area contributed by atoms with E-state index < -0.39 is 0 Å². The molecule has 132 valence electrons. The van der Waals surface area contributed by atoms with Crippen LogP contribution in [0.5, 0.6) is 0 Å². The smallest absolute Gasteiger partial charge is 0.229 e. The highest BCUT2D eigenvalue weighted by Gasteiger charge is 2.28. The molecule has 25 heavy (non-hydrogen) atoms. The number of rotatable bonds is 4. The minimum atomic E-state index is -0.214. The van der Waals surface area contributed by atoms with E-state index in [4.69, 9.17) is 11.6 Å². The third kappa shape index (κ3) is 3.85. The molecule has 6 nitrogen and oxygen atoms in total. The zero-order valence-corrected chi connectivity index (χ0v) is 14.9. The van der Waals surface area contributed by atoms with Crippen LogP contribution in [-0.4, -0.2) is 39.6 Å². The Morgan fingerprint density at radius 1 is 1.36 bits per heavy atom. The number of piperidine rings is 1. The molecule has 2 heterocycles. The fourth-order valence-corrected chi connectivity index (χ4v) is 3.39. The van der Waals surface area contributed by atoms with Gasteiger partial charge in [-0.2, -0.15) is 5.10 Å². The van der Waals surface area contributed by atoms with E-state index in [1.165, 1.54) is 0 Å². The molecule has 3 rings (SSSR count). The number of benzene rings is 1. The molecular formula is C18H21ClN4O2. The number of carbonyl (C=O) groups is 2. The van der Waals surface area contributed by atoms with Crippen LogP contribution >= 0.6 is 11.6 Å². The van der Waals surface area contributed by atoms with Crippen molar-refractivity contribution in [1.82, 2.24) is 14.7 Å². The van der Waals surface area contributed by atoms with E-state index in [9.17, 15) is 9.59 Å². The average molecular weight is 361 g/mol. The summed E-state index contributed by atoms with van der Waals surface area (Å²) >= 11 is 6.31. The van der Waals surface area contributed by atoms with E-state index in [0.29, 0.717) is 29.4 Å². The summed E-state index contributed by atoms with van der Waals surface area (Å²) in [5.74, 6) is -0.213. The lowest BCUT2D eigenvalue weighted by atomic mass is 9.96. The lowest BCUT2D eigenvalue weighted by molar-refractivity contribution is -0.134. The third-order valence-corrected chi connectivity index (χ3v) is 4.73. The summed E-state index contributed by atoms with van der Waals surface area (Å²) in [4.78, 5) is 26.4. The molecule has 1 atom stereocenters. The van der Waals surface area contributed by atoms with Gasteiger partial charge in [0.1, 0.15) is 5.69 Å². The quantitative estimate of drug-likeness (QED) is 0.910. The molecule has 0 aliphatic carbocycles. The number of halogens is 1. The monoisotopic (exact) mass is 360 g/mol. The number of likely N-dealkylation sites (tertiary alicyclic amines) is 1. The lowest BCUT2D eigenvalue weighted by Crippen LogP contribution is -2.43. The van der Waals surface area contributed by atoms with E-state index in [-0.39, 0.29) is 17.7 Å². The Kier molecular flexibility index (Phi) is 5.38. The van der Waals surface area contributed by atoms with Crippen molar-refractivity contribution in [2.75, 3.05) is 18.4 Å². The predicted octanol–water partition coefficient (Wildman–Crippen LogP) is 3.11. The van der Waals surface area contributed by atoms with Crippen LogP contribution in [-0.2, 0) is 9.59 Å². The zero-order valence-electron chi connectivity index (χ0n) is 14.1. The Morgan fingerprint density at radius 2 is 2.20 bits per heavy atom. The van der Waals surface area contributed by atoms with E-state index in [0.717, 1.165) is 19.4 Å². The number of hydrogen-bond donors (Lipinski definition) is 1. The van der Waals surface area contributed by atoms with Gasteiger partial charge < -0.3 is 10.2 Å². The standard InChI is InChI=1S/C18H21ClN4O2/c1-2-16(24)22-10-4-6-13(12-22)18(25)21-15-8-3-7-14(19)17(15)23-11-5-9-20-23/h3,5,7-9,11,13H,2,4,6,10,12H2,1H3,(H,21,25). The van der Waals surface area contributed by atoms with E-state index >= 15 is 0 Å². The first-order chi connectivity index (χ1) is 12.1. The molecule has 1 unspecified atom stereocenters. The molecule has 1 aliphatic rings. The Bertz CT molecular complexity index is 760. The van der Waals surface area contributed by atoms with Gasteiger partial charge in [0, 0.05) is 31.9 Å². The van der Waals surface area contributed by atoms with Crippen molar-refractivity contribution in [3.05, 3.63) is 41.7 Å². The second-order valence-electron chi connectivity index (χ2n) is 6.11. The molecular weight excluding hydrogens is 340 g/mol. The molecule has 1 saturated heterocycles. The van der Waals surface area contributed by atoms with Crippen molar-refractivity contribution in [3.8, 4) is 5.69 Å². The Balaban J connectivity index is 1.78. The average Bonchev–Trinajstić information content (AvgIpc) is 3.15. The van der Waals surface area contributed by atoms with E-state index in [2.05, 4.69) is 10.4 Å². The van der Waals surface area contributed by atoms with Gasteiger partial charge in [0.15, 0.2) is 0 Å². The first-order valence-corrected chi connectivity index (χ1v) is 8.85. The summed E-state index contributed by atoms with van der Waals surface area (Å²) in [6.07, 6.45) is 5.51. The second-order valence-corrected chi connectivity index (χ2v) is 6.52. The topological polar surface area (TPSA) is 67.2 Å². The number of para-hydroxylation sites is 1. The van der Waals surface area contributed by atoms with Gasteiger partial charge >= 0.3 is 0 Å². The Morgan fingerprint density at radius 3 is 2.92 bits per heavy atom. The van der Waals surface area contributed by atoms with Gasteiger partial charge in [-0.25, -0.2) is 4.68 Å². The van der Waals surface area contributed by atoms with Crippen molar-refractivity contribution in [3.63, 3.8) is 0 Å². The molecule has 0 radical (unpaired) electrons. The van der Waals surface area contributed by atoms with Gasteiger partial charge in [-0.05, 0) is 31.0 Å². The molecule has 0 saturated carbocycles. The molecule has 2 amide bonds. The molecule has 7 heteroatoms. The van der Waals surface area contributed by atoms with Crippen molar-refractivity contribution in [2.24, 2.45) is 5.92 Å². The van der Waals surface area contributed by atoms with Gasteiger partial charge in [-0.3, -0.25) is 9.59 Å². The number of aromatic nitrogens is 2. The minimum absolute atomic E-state index is 0.0933. The van der Waals surface area contributed by atoms with Gasteiger partial charge in [0.2, 0.25) is 11.8 Å². The van der Waals surface area contributed by atoms with Crippen LogP contribution in [0.2, 0.25) is 5.02 Å². The zero-order chi connectivity index (χ0) is 17.8. The predicted molar refractivity (Wildman–Crippen MR) is 96.8 cm³/mol. The maximum atomic E-state index is 12.7. The van der Waals surface area contributed by atoms with Crippen molar-refractivity contribution >= 4 is 29.1 Å². The maximum Gasteiger partial charge on any atom is 0.229 e.